The summed E-state index contributed by atoms with van der Waals surface area (Å²) in [7, 11) is 0. The quantitative estimate of drug-likeness (QED) is 0.684. The summed E-state index contributed by atoms with van der Waals surface area (Å²) in [5.41, 5.74) is 8.17. The van der Waals surface area contributed by atoms with Gasteiger partial charge in [-0.2, -0.15) is 0 Å². The van der Waals surface area contributed by atoms with Crippen LogP contribution in [0.3, 0.4) is 0 Å². The molecule has 0 bridgehead atoms. The van der Waals surface area contributed by atoms with Crippen molar-refractivity contribution < 1.29 is 0 Å². The van der Waals surface area contributed by atoms with Crippen LogP contribution in [0, 0.1) is 0 Å². The molecule has 3 aromatic rings. The number of nitrogens with one attached hydrogen (secondary N) is 1. The lowest BCUT2D eigenvalue weighted by molar-refractivity contribution is 0.728. The normalized spacial score (nSPS) is 12.5. The number of nitrogens with two attached hydrogens (primary N) is 1. The summed E-state index contributed by atoms with van der Waals surface area (Å²) in [6, 6.07) is 11.5. The van der Waals surface area contributed by atoms with Crippen LogP contribution >= 0.6 is 0 Å². The minimum absolute atomic E-state index is 0.113. The Labute approximate surface area is 109 Å². The number of hydrogen-bond acceptors (Lipinski definition) is 6. The van der Waals surface area contributed by atoms with E-state index < -0.39 is 0 Å². The molecular formula is C12H13N7. The lowest BCUT2D eigenvalue weighted by Gasteiger charge is -2.14. The highest BCUT2D eigenvalue weighted by Gasteiger charge is 2.07. The van der Waals surface area contributed by atoms with Crippen molar-refractivity contribution in [3.63, 3.8) is 0 Å². The highest BCUT2D eigenvalue weighted by atomic mass is 15.6. The van der Waals surface area contributed by atoms with Crippen molar-refractivity contribution in [1.82, 2.24) is 25.3 Å². The molecule has 3 rings (SSSR count). The number of aromatic nitrogens is 5. The number of fused-ring (bicyclic) bond motifs is 1. The molecule has 0 spiro atoms. The van der Waals surface area contributed by atoms with Crippen molar-refractivity contribution in [2.45, 2.75) is 13.0 Å². The fourth-order valence-electron chi connectivity index (χ4n) is 1.82. The zero-order valence-corrected chi connectivity index (χ0v) is 10.4. The largest absolute Gasteiger partial charge is 0.399 e. The molecular weight excluding hydrogens is 242 g/mol. The van der Waals surface area contributed by atoms with Gasteiger partial charge in [0.2, 0.25) is 0 Å². The van der Waals surface area contributed by atoms with Gasteiger partial charge in [0, 0.05) is 5.69 Å². The summed E-state index contributed by atoms with van der Waals surface area (Å²) in [5, 5.41) is 18.7. The van der Waals surface area contributed by atoms with E-state index in [1.807, 2.05) is 36.4 Å². The number of tetrazole rings is 1. The Morgan fingerprint density at radius 3 is 2.74 bits per heavy atom. The second-order valence-electron chi connectivity index (χ2n) is 4.28. The van der Waals surface area contributed by atoms with E-state index in [4.69, 9.17) is 5.73 Å². The summed E-state index contributed by atoms with van der Waals surface area (Å²) >= 11 is 0. The van der Waals surface area contributed by atoms with Gasteiger partial charge in [0.05, 0.1) is 6.04 Å². The molecule has 7 heteroatoms. The van der Waals surface area contributed by atoms with Gasteiger partial charge < -0.3 is 11.1 Å². The Morgan fingerprint density at radius 1 is 1.16 bits per heavy atom. The second kappa shape index (κ2) is 4.52. The Kier molecular flexibility index (Phi) is 2.71. The molecule has 7 nitrogen and oxygen atoms in total. The molecule has 0 aliphatic rings. The van der Waals surface area contributed by atoms with Gasteiger partial charge in [0.25, 0.3) is 0 Å². The van der Waals surface area contributed by atoms with Crippen molar-refractivity contribution in [2.24, 2.45) is 0 Å². The molecule has 1 atom stereocenters. The van der Waals surface area contributed by atoms with Crippen LogP contribution in [0.15, 0.2) is 36.4 Å². The van der Waals surface area contributed by atoms with Crippen molar-refractivity contribution in [3.05, 3.63) is 42.0 Å². The minimum atomic E-state index is 0.113. The molecule has 19 heavy (non-hydrogen) atoms. The molecule has 0 saturated carbocycles. The monoisotopic (exact) mass is 255 g/mol. The number of benzene rings is 1. The summed E-state index contributed by atoms with van der Waals surface area (Å²) in [6.07, 6.45) is 0. The van der Waals surface area contributed by atoms with E-state index in [1.165, 1.54) is 4.63 Å². The Bertz CT molecular complexity index is 689. The molecule has 0 aliphatic heterocycles. The smallest absolute Gasteiger partial charge is 0.200 e. The lowest BCUT2D eigenvalue weighted by atomic mass is 10.1. The Morgan fingerprint density at radius 2 is 1.95 bits per heavy atom. The first-order valence-corrected chi connectivity index (χ1v) is 5.90. The Balaban J connectivity index is 1.81. The maximum atomic E-state index is 5.67. The average Bonchev–Trinajstić information content (AvgIpc) is 2.87. The first-order valence-electron chi connectivity index (χ1n) is 5.90. The van der Waals surface area contributed by atoms with Crippen molar-refractivity contribution >= 4 is 17.2 Å². The summed E-state index contributed by atoms with van der Waals surface area (Å²) in [6.45, 7) is 2.05. The maximum absolute atomic E-state index is 5.67. The Hall–Kier alpha value is -2.70. The maximum Gasteiger partial charge on any atom is 0.200 e. The third kappa shape index (κ3) is 2.30. The molecule has 0 amide bonds. The molecule has 1 unspecified atom stereocenters. The van der Waals surface area contributed by atoms with E-state index >= 15 is 0 Å². The van der Waals surface area contributed by atoms with Gasteiger partial charge in [-0.3, -0.25) is 0 Å². The van der Waals surface area contributed by atoms with Gasteiger partial charge in [-0.1, -0.05) is 12.1 Å². The average molecular weight is 255 g/mol. The number of nitrogen functional groups attached to an aromatic ring is 1. The molecule has 96 valence electrons. The van der Waals surface area contributed by atoms with Crippen LogP contribution < -0.4 is 11.1 Å². The van der Waals surface area contributed by atoms with Gasteiger partial charge in [-0.15, -0.1) is 14.8 Å². The zero-order valence-electron chi connectivity index (χ0n) is 10.4. The molecule has 0 fully saturated rings. The van der Waals surface area contributed by atoms with Crippen LogP contribution in [0.25, 0.3) is 5.65 Å². The van der Waals surface area contributed by atoms with Gasteiger partial charge >= 0.3 is 0 Å². The van der Waals surface area contributed by atoms with E-state index in [9.17, 15) is 0 Å². The highest BCUT2D eigenvalue weighted by Crippen LogP contribution is 2.18. The molecule has 0 saturated heterocycles. The number of anilines is 2. The molecule has 2 aromatic heterocycles. The lowest BCUT2D eigenvalue weighted by Crippen LogP contribution is -2.09. The highest BCUT2D eigenvalue weighted by molar-refractivity contribution is 5.45. The van der Waals surface area contributed by atoms with Crippen LogP contribution in [0.5, 0.6) is 0 Å². The fraction of sp³-hybridized carbons (Fsp3) is 0.167. The zero-order chi connectivity index (χ0) is 13.2. The minimum Gasteiger partial charge on any atom is -0.399 e. The van der Waals surface area contributed by atoms with Crippen LogP contribution in [-0.4, -0.2) is 25.3 Å². The van der Waals surface area contributed by atoms with Gasteiger partial charge in [-0.25, -0.2) is 0 Å². The number of nitrogens with zero attached hydrogens (tertiary/aromatic N) is 5. The SMILES string of the molecule is CC(Nc1ccc2nnnn2n1)c1ccc(N)cc1. The predicted molar refractivity (Wildman–Crippen MR) is 71.5 cm³/mol. The summed E-state index contributed by atoms with van der Waals surface area (Å²) in [4.78, 5) is 0. The van der Waals surface area contributed by atoms with Crippen LogP contribution in [0.4, 0.5) is 11.5 Å². The third-order valence-electron chi connectivity index (χ3n) is 2.87. The van der Waals surface area contributed by atoms with E-state index in [-0.39, 0.29) is 6.04 Å². The summed E-state index contributed by atoms with van der Waals surface area (Å²) in [5.74, 6) is 0.712. The van der Waals surface area contributed by atoms with Gasteiger partial charge in [0.15, 0.2) is 5.65 Å². The van der Waals surface area contributed by atoms with Crippen molar-refractivity contribution in [3.8, 4) is 0 Å². The predicted octanol–water partition coefficient (Wildman–Crippen LogP) is 1.27. The van der Waals surface area contributed by atoms with Gasteiger partial charge in [0.1, 0.15) is 5.82 Å². The van der Waals surface area contributed by atoms with Crippen molar-refractivity contribution in [2.75, 3.05) is 11.1 Å². The third-order valence-corrected chi connectivity index (χ3v) is 2.87. The van der Waals surface area contributed by atoms with Crippen LogP contribution in [0.2, 0.25) is 0 Å². The van der Waals surface area contributed by atoms with Gasteiger partial charge in [-0.05, 0) is 47.2 Å². The standard InChI is InChI=1S/C12H13N7/c1-8(9-2-4-10(13)5-3-9)14-11-6-7-12-15-17-18-19(12)16-11/h2-8H,13H2,1H3,(H,14,16). The van der Waals surface area contributed by atoms with E-state index in [0.29, 0.717) is 11.5 Å². The van der Waals surface area contributed by atoms with Crippen LogP contribution in [-0.2, 0) is 0 Å². The summed E-state index contributed by atoms with van der Waals surface area (Å²) < 4.78 is 1.39. The van der Waals surface area contributed by atoms with Crippen molar-refractivity contribution in [1.29, 1.82) is 0 Å². The van der Waals surface area contributed by atoms with E-state index in [2.05, 4.69) is 32.9 Å². The molecule has 1 aromatic carbocycles. The second-order valence-corrected chi connectivity index (χ2v) is 4.28. The number of rotatable bonds is 3. The van der Waals surface area contributed by atoms with E-state index in [0.717, 1.165) is 11.3 Å². The topological polar surface area (TPSA) is 94.0 Å². The van der Waals surface area contributed by atoms with E-state index in [1.54, 1.807) is 0 Å². The molecule has 0 radical (unpaired) electrons. The first kappa shape index (κ1) is 11.4. The fourth-order valence-corrected chi connectivity index (χ4v) is 1.82. The molecule has 0 aliphatic carbocycles. The molecule has 3 N–H and O–H groups in total. The molecule has 2 heterocycles. The number of hydrogen-bond donors (Lipinski definition) is 2. The van der Waals surface area contributed by atoms with Crippen LogP contribution in [0.1, 0.15) is 18.5 Å². The first-order chi connectivity index (χ1) is 9.22.